The van der Waals surface area contributed by atoms with Crippen molar-refractivity contribution in [3.05, 3.63) is 55.9 Å². The van der Waals surface area contributed by atoms with Crippen molar-refractivity contribution in [3.8, 4) is 17.2 Å². The number of hydrogen-bond donors (Lipinski definition) is 0. The monoisotopic (exact) mass is 389 g/mol. The topological polar surface area (TPSA) is 61.6 Å². The third-order valence-electron chi connectivity index (χ3n) is 2.49. The van der Waals surface area contributed by atoms with Gasteiger partial charge >= 0.3 is 5.69 Å². The summed E-state index contributed by atoms with van der Waals surface area (Å²) in [6.07, 6.45) is 0. The first-order valence-corrected chi connectivity index (χ1v) is 6.55. The summed E-state index contributed by atoms with van der Waals surface area (Å²) in [6.45, 7) is 0. The Morgan fingerprint density at radius 1 is 1.20 bits per heavy atom. The van der Waals surface area contributed by atoms with E-state index in [1.54, 1.807) is 18.2 Å². The number of benzene rings is 2. The maximum atomic E-state index is 13.9. The molecule has 0 unspecified atom stereocenters. The van der Waals surface area contributed by atoms with Crippen LogP contribution < -0.4 is 9.47 Å². The fourth-order valence-corrected chi connectivity index (χ4v) is 2.05. The molecule has 0 saturated heterocycles. The summed E-state index contributed by atoms with van der Waals surface area (Å²) >= 11 is 2.05. The van der Waals surface area contributed by atoms with Gasteiger partial charge in [0, 0.05) is 6.07 Å². The molecule has 0 fully saturated rings. The van der Waals surface area contributed by atoms with E-state index in [9.17, 15) is 14.5 Å². The van der Waals surface area contributed by atoms with E-state index < -0.39 is 16.4 Å². The minimum absolute atomic E-state index is 0.0580. The van der Waals surface area contributed by atoms with Gasteiger partial charge in [-0.15, -0.1) is 0 Å². The zero-order chi connectivity index (χ0) is 14.7. The molecule has 5 nitrogen and oxygen atoms in total. The van der Waals surface area contributed by atoms with E-state index >= 15 is 0 Å². The minimum atomic E-state index is -0.822. The van der Waals surface area contributed by atoms with Crippen molar-refractivity contribution in [1.29, 1.82) is 0 Å². The molecule has 2 rings (SSSR count). The lowest BCUT2D eigenvalue weighted by Gasteiger charge is -2.10. The quantitative estimate of drug-likeness (QED) is 0.448. The maximum absolute atomic E-state index is 13.9. The van der Waals surface area contributed by atoms with Crippen LogP contribution in [0, 0.1) is 19.5 Å². The van der Waals surface area contributed by atoms with Crippen LogP contribution in [0.15, 0.2) is 36.4 Å². The van der Waals surface area contributed by atoms with Gasteiger partial charge in [-0.1, -0.05) is 12.1 Å². The molecule has 0 amide bonds. The summed E-state index contributed by atoms with van der Waals surface area (Å²) in [4.78, 5) is 10.1. The number of para-hydroxylation sites is 1. The van der Waals surface area contributed by atoms with Gasteiger partial charge in [0.25, 0.3) is 0 Å². The van der Waals surface area contributed by atoms with Crippen molar-refractivity contribution in [2.45, 2.75) is 0 Å². The Morgan fingerprint density at radius 2 is 1.90 bits per heavy atom. The average Bonchev–Trinajstić information content (AvgIpc) is 2.42. The van der Waals surface area contributed by atoms with E-state index in [0.29, 0.717) is 5.75 Å². The molecule has 0 radical (unpaired) electrons. The summed E-state index contributed by atoms with van der Waals surface area (Å²) in [7, 11) is 1.27. The number of methoxy groups -OCH3 is 1. The molecule has 0 spiro atoms. The molecule has 0 saturated carbocycles. The number of rotatable bonds is 4. The highest BCUT2D eigenvalue weighted by atomic mass is 127. The fourth-order valence-electron chi connectivity index (χ4n) is 1.55. The van der Waals surface area contributed by atoms with Crippen molar-refractivity contribution in [3.63, 3.8) is 0 Å². The van der Waals surface area contributed by atoms with Gasteiger partial charge in [0.2, 0.25) is 5.75 Å². The Labute approximate surface area is 127 Å². The lowest BCUT2D eigenvalue weighted by molar-refractivity contribution is -0.386. The summed E-state index contributed by atoms with van der Waals surface area (Å²) in [5.41, 5.74) is -0.444. The van der Waals surface area contributed by atoms with Crippen molar-refractivity contribution in [2.24, 2.45) is 0 Å². The van der Waals surface area contributed by atoms with E-state index in [-0.39, 0.29) is 11.5 Å². The summed E-state index contributed by atoms with van der Waals surface area (Å²) in [5.74, 6) is -0.547. The Hall–Kier alpha value is -1.90. The van der Waals surface area contributed by atoms with Crippen molar-refractivity contribution in [1.82, 2.24) is 0 Å². The molecule has 2 aromatic rings. The summed E-state index contributed by atoms with van der Waals surface area (Å²) in [6, 6.07) is 8.99. The predicted molar refractivity (Wildman–Crippen MR) is 78.8 cm³/mol. The molecule has 0 N–H and O–H groups in total. The second-order valence-electron chi connectivity index (χ2n) is 3.74. The molecule has 0 bridgehead atoms. The molecule has 0 aliphatic heterocycles. The van der Waals surface area contributed by atoms with Gasteiger partial charge < -0.3 is 9.47 Å². The molecule has 2 aromatic carbocycles. The summed E-state index contributed by atoms with van der Waals surface area (Å²) < 4.78 is 25.0. The van der Waals surface area contributed by atoms with Crippen LogP contribution in [0.25, 0.3) is 0 Å². The second kappa shape index (κ2) is 6.04. The summed E-state index contributed by atoms with van der Waals surface area (Å²) in [5, 5.41) is 10.8. The van der Waals surface area contributed by atoms with Crippen molar-refractivity contribution >= 4 is 28.3 Å². The van der Waals surface area contributed by atoms with E-state index in [2.05, 4.69) is 0 Å². The van der Waals surface area contributed by atoms with Gasteiger partial charge in [-0.3, -0.25) is 10.1 Å². The van der Waals surface area contributed by atoms with Crippen LogP contribution in [0.5, 0.6) is 17.2 Å². The molecule has 104 valence electrons. The van der Waals surface area contributed by atoms with E-state index in [4.69, 9.17) is 9.47 Å². The van der Waals surface area contributed by atoms with Crippen LogP contribution in [0.3, 0.4) is 0 Å². The van der Waals surface area contributed by atoms with Gasteiger partial charge in [0.1, 0.15) is 5.75 Å². The third-order valence-corrected chi connectivity index (χ3v) is 3.38. The molecule has 20 heavy (non-hydrogen) atoms. The smallest absolute Gasteiger partial charge is 0.314 e. The van der Waals surface area contributed by atoms with Crippen LogP contribution in [0.4, 0.5) is 10.1 Å². The Morgan fingerprint density at radius 3 is 2.50 bits per heavy atom. The molecule has 7 heteroatoms. The fraction of sp³-hybridized carbons (Fsp3) is 0.0769. The Bertz CT molecular complexity index is 663. The first-order chi connectivity index (χ1) is 9.52. The van der Waals surface area contributed by atoms with E-state index in [1.807, 2.05) is 28.7 Å². The van der Waals surface area contributed by atoms with Crippen LogP contribution >= 0.6 is 22.6 Å². The van der Waals surface area contributed by atoms with Crippen LogP contribution in [-0.4, -0.2) is 12.0 Å². The van der Waals surface area contributed by atoms with Gasteiger partial charge in [-0.25, -0.2) is 4.39 Å². The molecule has 0 heterocycles. The minimum Gasteiger partial charge on any atom is -0.490 e. The third kappa shape index (κ3) is 2.98. The molecule has 0 aliphatic rings. The van der Waals surface area contributed by atoms with Gasteiger partial charge in [-0.2, -0.15) is 0 Å². The number of halogens is 2. The first-order valence-electron chi connectivity index (χ1n) is 5.47. The SMILES string of the molecule is COc1cc(Oc2ccccc2I)c(F)cc1[N+](=O)[O-]. The maximum Gasteiger partial charge on any atom is 0.314 e. The number of nitrogens with zero attached hydrogens (tertiary/aromatic N) is 1. The number of nitro groups is 1. The second-order valence-corrected chi connectivity index (χ2v) is 4.91. The molecular weight excluding hydrogens is 380 g/mol. The predicted octanol–water partition coefficient (Wildman–Crippen LogP) is 4.14. The van der Waals surface area contributed by atoms with Gasteiger partial charge in [0.15, 0.2) is 11.6 Å². The molecular formula is C13H9FINO4. The molecule has 0 atom stereocenters. The Kier molecular flexibility index (Phi) is 4.38. The van der Waals surface area contributed by atoms with Gasteiger partial charge in [-0.05, 0) is 34.7 Å². The highest BCUT2D eigenvalue weighted by Gasteiger charge is 2.20. The van der Waals surface area contributed by atoms with Crippen LogP contribution in [0.2, 0.25) is 0 Å². The Balaban J connectivity index is 2.43. The zero-order valence-corrected chi connectivity index (χ0v) is 12.5. The highest BCUT2D eigenvalue weighted by molar-refractivity contribution is 14.1. The van der Waals surface area contributed by atoms with Crippen LogP contribution in [0.1, 0.15) is 0 Å². The average molecular weight is 389 g/mol. The van der Waals surface area contributed by atoms with E-state index in [0.717, 1.165) is 15.7 Å². The number of hydrogen-bond acceptors (Lipinski definition) is 4. The van der Waals surface area contributed by atoms with E-state index in [1.165, 1.54) is 7.11 Å². The highest BCUT2D eigenvalue weighted by Crippen LogP contribution is 2.36. The van der Waals surface area contributed by atoms with Crippen molar-refractivity contribution in [2.75, 3.05) is 7.11 Å². The normalized spacial score (nSPS) is 10.2. The van der Waals surface area contributed by atoms with Crippen LogP contribution in [-0.2, 0) is 0 Å². The van der Waals surface area contributed by atoms with Gasteiger partial charge in [0.05, 0.1) is 21.7 Å². The lowest BCUT2D eigenvalue weighted by Crippen LogP contribution is -1.97. The molecule has 0 aromatic heterocycles. The number of nitro benzene ring substituents is 1. The van der Waals surface area contributed by atoms with Crippen molar-refractivity contribution < 1.29 is 18.8 Å². The largest absolute Gasteiger partial charge is 0.490 e. The standard InChI is InChI=1S/C13H9FINO4/c1-19-13-7-12(8(14)6-10(13)16(17)18)20-11-5-3-2-4-9(11)15/h2-7H,1H3. The molecule has 0 aliphatic carbocycles. The zero-order valence-electron chi connectivity index (χ0n) is 10.3. The first kappa shape index (κ1) is 14.5. The number of ether oxygens (including phenoxy) is 2. The lowest BCUT2D eigenvalue weighted by atomic mass is 10.2.